The summed E-state index contributed by atoms with van der Waals surface area (Å²) in [7, 11) is 1.69. The third-order valence-corrected chi connectivity index (χ3v) is 5.34. The summed E-state index contributed by atoms with van der Waals surface area (Å²) < 4.78 is 6.28. The number of hydrogen-bond acceptors (Lipinski definition) is 3. The third kappa shape index (κ3) is 3.43. The zero-order chi connectivity index (χ0) is 13.1. The highest BCUT2D eigenvalue weighted by Gasteiger charge is 2.23. The normalized spacial score (nSPS) is 25.1. The molecule has 18 heavy (non-hydrogen) atoms. The van der Waals surface area contributed by atoms with E-state index in [2.05, 4.69) is 59.0 Å². The average Bonchev–Trinajstić information content (AvgIpc) is 2.74. The Morgan fingerprint density at radius 3 is 2.83 bits per heavy atom. The molecule has 1 aromatic rings. The van der Waals surface area contributed by atoms with Gasteiger partial charge in [0.15, 0.2) is 0 Å². The van der Waals surface area contributed by atoms with Crippen molar-refractivity contribution in [3.05, 3.63) is 28.2 Å². The van der Waals surface area contributed by atoms with Crippen LogP contribution < -0.4 is 10.1 Å². The molecule has 0 amide bonds. The molecule has 3 unspecified atom stereocenters. The Morgan fingerprint density at radius 2 is 2.28 bits per heavy atom. The van der Waals surface area contributed by atoms with Crippen LogP contribution in [0.15, 0.2) is 22.7 Å². The van der Waals surface area contributed by atoms with E-state index >= 15 is 0 Å². The van der Waals surface area contributed by atoms with E-state index in [-0.39, 0.29) is 0 Å². The van der Waals surface area contributed by atoms with Crippen LogP contribution in [0.25, 0.3) is 0 Å². The molecule has 0 aromatic heterocycles. The summed E-state index contributed by atoms with van der Waals surface area (Å²) in [6, 6.07) is 7.31. The van der Waals surface area contributed by atoms with Gasteiger partial charge >= 0.3 is 0 Å². The largest absolute Gasteiger partial charge is 0.496 e. The van der Waals surface area contributed by atoms with Crippen LogP contribution in [-0.2, 0) is 0 Å². The van der Waals surface area contributed by atoms with Gasteiger partial charge in [-0.05, 0) is 47.0 Å². The van der Waals surface area contributed by atoms with Crippen LogP contribution in [0.5, 0.6) is 5.75 Å². The molecule has 1 saturated heterocycles. The summed E-state index contributed by atoms with van der Waals surface area (Å²) in [4.78, 5) is 0. The van der Waals surface area contributed by atoms with Crippen LogP contribution in [0.3, 0.4) is 0 Å². The number of thioether (sulfide) groups is 1. The van der Waals surface area contributed by atoms with Gasteiger partial charge in [-0.25, -0.2) is 0 Å². The summed E-state index contributed by atoms with van der Waals surface area (Å²) in [5, 5.41) is 4.50. The maximum atomic E-state index is 5.26. The molecule has 1 aliphatic heterocycles. The predicted octanol–water partition coefficient (Wildman–Crippen LogP) is 4.00. The molecule has 1 N–H and O–H groups in total. The van der Waals surface area contributed by atoms with Crippen LogP contribution >= 0.6 is 27.7 Å². The Morgan fingerprint density at radius 1 is 1.50 bits per heavy atom. The third-order valence-electron chi connectivity index (χ3n) is 3.36. The molecule has 4 heteroatoms. The maximum absolute atomic E-state index is 5.26. The number of rotatable bonds is 4. The van der Waals surface area contributed by atoms with Gasteiger partial charge in [-0.2, -0.15) is 11.8 Å². The predicted molar refractivity (Wildman–Crippen MR) is 82.6 cm³/mol. The second kappa shape index (κ2) is 6.31. The summed E-state index contributed by atoms with van der Waals surface area (Å²) in [6.07, 6.45) is 1.27. The van der Waals surface area contributed by atoms with Crippen LogP contribution in [0.4, 0.5) is 0 Å². The molecular weight excluding hydrogens is 310 g/mol. The zero-order valence-corrected chi connectivity index (χ0v) is 13.5. The van der Waals surface area contributed by atoms with Gasteiger partial charge in [0.2, 0.25) is 0 Å². The molecule has 1 heterocycles. The maximum Gasteiger partial charge on any atom is 0.133 e. The van der Waals surface area contributed by atoms with E-state index < -0.39 is 0 Å². The van der Waals surface area contributed by atoms with Gasteiger partial charge in [0.25, 0.3) is 0 Å². The molecule has 100 valence electrons. The van der Waals surface area contributed by atoms with E-state index in [0.29, 0.717) is 12.1 Å². The monoisotopic (exact) mass is 329 g/mol. The van der Waals surface area contributed by atoms with Crippen molar-refractivity contribution < 1.29 is 4.74 Å². The topological polar surface area (TPSA) is 21.3 Å². The number of halogens is 1. The van der Waals surface area contributed by atoms with Gasteiger partial charge in [0.1, 0.15) is 5.75 Å². The zero-order valence-electron chi connectivity index (χ0n) is 11.1. The number of methoxy groups -OCH3 is 1. The fourth-order valence-corrected chi connectivity index (χ4v) is 4.05. The van der Waals surface area contributed by atoms with Crippen molar-refractivity contribution in [3.63, 3.8) is 0 Å². The molecule has 0 radical (unpaired) electrons. The number of nitrogens with one attached hydrogen (secondary N) is 1. The highest BCUT2D eigenvalue weighted by Crippen LogP contribution is 2.30. The molecular formula is C14H20BrNOS. The van der Waals surface area contributed by atoms with Crippen molar-refractivity contribution in [2.75, 3.05) is 12.9 Å². The Bertz CT molecular complexity index is 413. The van der Waals surface area contributed by atoms with Gasteiger partial charge in [0.05, 0.1) is 11.6 Å². The summed E-state index contributed by atoms with van der Waals surface area (Å²) in [5.41, 5.74) is 1.30. The molecule has 2 rings (SSSR count). The fourth-order valence-electron chi connectivity index (χ4n) is 2.34. The number of ether oxygens (including phenoxy) is 1. The van der Waals surface area contributed by atoms with Gasteiger partial charge < -0.3 is 10.1 Å². The lowest BCUT2D eigenvalue weighted by atomic mass is 10.1. The van der Waals surface area contributed by atoms with Crippen molar-refractivity contribution >= 4 is 27.7 Å². The van der Waals surface area contributed by atoms with Crippen LogP contribution in [0.2, 0.25) is 0 Å². The average molecular weight is 330 g/mol. The highest BCUT2D eigenvalue weighted by atomic mass is 79.9. The second-order valence-corrected chi connectivity index (χ2v) is 7.18. The molecule has 1 fully saturated rings. The SMILES string of the molecule is COc1ccc(C(C)NC2CSC(C)C2)cc1Br. The standard InChI is InChI=1S/C14H20BrNOS/c1-9-6-12(8-18-9)16-10(2)11-4-5-14(17-3)13(15)7-11/h4-5,7,9-10,12,16H,6,8H2,1-3H3. The van der Waals surface area contributed by atoms with Crippen molar-refractivity contribution in [1.29, 1.82) is 0 Å². The van der Waals surface area contributed by atoms with Gasteiger partial charge in [-0.15, -0.1) is 0 Å². The number of hydrogen-bond donors (Lipinski definition) is 1. The van der Waals surface area contributed by atoms with Gasteiger partial charge in [0, 0.05) is 23.1 Å². The summed E-state index contributed by atoms with van der Waals surface area (Å²) in [6.45, 7) is 4.53. The van der Waals surface area contributed by atoms with Crippen molar-refractivity contribution in [2.24, 2.45) is 0 Å². The van der Waals surface area contributed by atoms with E-state index in [9.17, 15) is 0 Å². The molecule has 0 saturated carbocycles. The van der Waals surface area contributed by atoms with Crippen LogP contribution in [0, 0.1) is 0 Å². The Balaban J connectivity index is 2.00. The van der Waals surface area contributed by atoms with Gasteiger partial charge in [-0.1, -0.05) is 13.0 Å². The molecule has 0 spiro atoms. The fraction of sp³-hybridized carbons (Fsp3) is 0.571. The lowest BCUT2D eigenvalue weighted by Gasteiger charge is -2.20. The molecule has 2 nitrogen and oxygen atoms in total. The molecule has 0 bridgehead atoms. The summed E-state index contributed by atoms with van der Waals surface area (Å²) >= 11 is 5.60. The first-order valence-electron chi connectivity index (χ1n) is 6.31. The molecule has 3 atom stereocenters. The lowest BCUT2D eigenvalue weighted by molar-refractivity contribution is 0.411. The van der Waals surface area contributed by atoms with Crippen LogP contribution in [0.1, 0.15) is 31.9 Å². The molecule has 1 aliphatic rings. The first kappa shape index (κ1) is 14.2. The van der Waals surface area contributed by atoms with Crippen molar-refractivity contribution in [1.82, 2.24) is 5.32 Å². The smallest absolute Gasteiger partial charge is 0.133 e. The minimum absolute atomic E-state index is 0.378. The van der Waals surface area contributed by atoms with E-state index in [1.54, 1.807) is 7.11 Å². The van der Waals surface area contributed by atoms with Crippen LogP contribution in [-0.4, -0.2) is 24.2 Å². The van der Waals surface area contributed by atoms with E-state index in [4.69, 9.17) is 4.74 Å². The lowest BCUT2D eigenvalue weighted by Crippen LogP contribution is -2.31. The Hall–Kier alpha value is -0.190. The van der Waals surface area contributed by atoms with Crippen molar-refractivity contribution in [2.45, 2.75) is 37.6 Å². The molecule has 1 aromatic carbocycles. The molecule has 0 aliphatic carbocycles. The van der Waals surface area contributed by atoms with Gasteiger partial charge in [-0.3, -0.25) is 0 Å². The Labute approximate surface area is 122 Å². The first-order chi connectivity index (χ1) is 8.60. The van der Waals surface area contributed by atoms with Crippen molar-refractivity contribution in [3.8, 4) is 5.75 Å². The highest BCUT2D eigenvalue weighted by molar-refractivity contribution is 9.10. The minimum atomic E-state index is 0.378. The van der Waals surface area contributed by atoms with E-state index in [1.165, 1.54) is 17.7 Å². The minimum Gasteiger partial charge on any atom is -0.496 e. The Kier molecular flexibility index (Phi) is 4.98. The summed E-state index contributed by atoms with van der Waals surface area (Å²) in [5.74, 6) is 2.11. The quantitative estimate of drug-likeness (QED) is 0.902. The first-order valence-corrected chi connectivity index (χ1v) is 8.15. The van der Waals surface area contributed by atoms with E-state index in [1.807, 2.05) is 6.07 Å². The second-order valence-electron chi connectivity index (χ2n) is 4.86. The number of benzene rings is 1. The van der Waals surface area contributed by atoms with E-state index in [0.717, 1.165) is 15.5 Å².